The molecule has 1 aliphatic heterocycles. The van der Waals surface area contributed by atoms with Crippen molar-refractivity contribution in [3.05, 3.63) is 53.6 Å². The fourth-order valence-electron chi connectivity index (χ4n) is 3.54. The van der Waals surface area contributed by atoms with E-state index in [-0.39, 0.29) is 17.5 Å². The van der Waals surface area contributed by atoms with Crippen LogP contribution in [-0.4, -0.2) is 41.0 Å². The van der Waals surface area contributed by atoms with E-state index in [0.717, 1.165) is 5.56 Å². The molecule has 1 N–H and O–H groups in total. The molecule has 3 aromatic rings. The Hall–Kier alpha value is -3.43. The van der Waals surface area contributed by atoms with E-state index in [9.17, 15) is 8.78 Å². The summed E-state index contributed by atoms with van der Waals surface area (Å²) in [4.78, 5) is 0. The average Bonchev–Trinajstić information content (AvgIpc) is 3.21. The van der Waals surface area contributed by atoms with Gasteiger partial charge < -0.3 is 19.5 Å². The molecule has 1 aliphatic rings. The Morgan fingerprint density at radius 1 is 1.14 bits per heavy atom. The van der Waals surface area contributed by atoms with Gasteiger partial charge in [-0.1, -0.05) is 29.4 Å². The topological polar surface area (TPSA) is 83.3 Å². The second kappa shape index (κ2) is 7.90. The van der Waals surface area contributed by atoms with E-state index in [1.807, 2.05) is 24.3 Å². The maximum Gasteiger partial charge on any atom is 0.387 e. The van der Waals surface area contributed by atoms with Crippen LogP contribution in [0.4, 0.5) is 14.7 Å². The minimum Gasteiger partial charge on any atom is -0.497 e. The van der Waals surface area contributed by atoms with Crippen LogP contribution < -0.4 is 19.5 Å². The molecule has 152 valence electrons. The first-order chi connectivity index (χ1) is 14.1. The predicted molar refractivity (Wildman–Crippen MR) is 99.6 cm³/mol. The smallest absolute Gasteiger partial charge is 0.387 e. The van der Waals surface area contributed by atoms with E-state index >= 15 is 0 Å². The van der Waals surface area contributed by atoms with E-state index in [1.54, 1.807) is 30.0 Å². The summed E-state index contributed by atoms with van der Waals surface area (Å²) in [5.74, 6) is 1.34. The monoisotopic (exact) mass is 403 g/mol. The molecule has 0 aliphatic carbocycles. The molecule has 10 heteroatoms. The molecule has 0 saturated carbocycles. The molecule has 1 aromatic heterocycles. The molecular weight excluding hydrogens is 384 g/mol. The number of nitrogens with zero attached hydrogens (tertiary/aromatic N) is 4. The largest absolute Gasteiger partial charge is 0.497 e. The maximum absolute atomic E-state index is 13.1. The number of halogens is 2. The SMILES string of the molecule is COc1cccc(C2CC(c3cccc(OC)c3OC(F)F)n3nnnc3N2)c1. The molecular formula is C19H19F2N5O3. The number of hydrogen-bond acceptors (Lipinski definition) is 7. The van der Waals surface area contributed by atoms with Crippen molar-refractivity contribution in [2.24, 2.45) is 0 Å². The molecule has 0 fully saturated rings. The lowest BCUT2D eigenvalue weighted by Crippen LogP contribution is -2.28. The van der Waals surface area contributed by atoms with Crippen molar-refractivity contribution in [1.82, 2.24) is 20.2 Å². The van der Waals surface area contributed by atoms with Gasteiger partial charge in [0.15, 0.2) is 11.5 Å². The number of para-hydroxylation sites is 1. The molecule has 2 aromatic carbocycles. The van der Waals surface area contributed by atoms with Crippen LogP contribution in [0.3, 0.4) is 0 Å². The van der Waals surface area contributed by atoms with Gasteiger partial charge in [-0.2, -0.15) is 8.78 Å². The Labute approximate surface area is 165 Å². The Morgan fingerprint density at radius 3 is 2.72 bits per heavy atom. The highest BCUT2D eigenvalue weighted by Crippen LogP contribution is 2.44. The molecule has 0 saturated heterocycles. The van der Waals surface area contributed by atoms with Gasteiger partial charge >= 0.3 is 6.61 Å². The third-order valence-corrected chi connectivity index (χ3v) is 4.84. The average molecular weight is 403 g/mol. The summed E-state index contributed by atoms with van der Waals surface area (Å²) >= 11 is 0. The number of tetrazole rings is 1. The Bertz CT molecular complexity index is 997. The van der Waals surface area contributed by atoms with Crippen LogP contribution in [-0.2, 0) is 0 Å². The zero-order valence-electron chi connectivity index (χ0n) is 15.8. The van der Waals surface area contributed by atoms with Crippen molar-refractivity contribution >= 4 is 5.95 Å². The van der Waals surface area contributed by atoms with Gasteiger partial charge in [-0.3, -0.25) is 0 Å². The van der Waals surface area contributed by atoms with Crippen molar-refractivity contribution in [3.63, 3.8) is 0 Å². The molecule has 0 spiro atoms. The van der Waals surface area contributed by atoms with Gasteiger partial charge in [-0.05, 0) is 40.6 Å². The lowest BCUT2D eigenvalue weighted by molar-refractivity contribution is -0.0521. The summed E-state index contributed by atoms with van der Waals surface area (Å²) in [5.41, 5.74) is 1.47. The van der Waals surface area contributed by atoms with E-state index in [2.05, 4.69) is 20.8 Å². The summed E-state index contributed by atoms with van der Waals surface area (Å²) in [6, 6.07) is 12.0. The first-order valence-electron chi connectivity index (χ1n) is 8.90. The first kappa shape index (κ1) is 18.9. The van der Waals surface area contributed by atoms with Crippen LogP contribution in [0, 0.1) is 0 Å². The molecule has 2 unspecified atom stereocenters. The number of anilines is 1. The number of methoxy groups -OCH3 is 2. The molecule has 4 rings (SSSR count). The van der Waals surface area contributed by atoms with E-state index < -0.39 is 12.7 Å². The van der Waals surface area contributed by atoms with E-state index in [0.29, 0.717) is 23.7 Å². The zero-order chi connectivity index (χ0) is 20.4. The minimum absolute atomic E-state index is 0.0252. The highest BCUT2D eigenvalue weighted by molar-refractivity contribution is 5.50. The van der Waals surface area contributed by atoms with Crippen LogP contribution in [0.5, 0.6) is 17.2 Å². The molecule has 8 nitrogen and oxygen atoms in total. The van der Waals surface area contributed by atoms with Gasteiger partial charge in [0.2, 0.25) is 5.95 Å². The van der Waals surface area contributed by atoms with Gasteiger partial charge in [-0.25, -0.2) is 4.68 Å². The number of aromatic nitrogens is 4. The third-order valence-electron chi connectivity index (χ3n) is 4.84. The highest BCUT2D eigenvalue weighted by Gasteiger charge is 2.34. The number of nitrogens with one attached hydrogen (secondary N) is 1. The molecule has 2 heterocycles. The normalized spacial score (nSPS) is 18.1. The van der Waals surface area contributed by atoms with Gasteiger partial charge in [0, 0.05) is 5.56 Å². The summed E-state index contributed by atoms with van der Waals surface area (Å²) < 4.78 is 43.1. The minimum atomic E-state index is -2.99. The van der Waals surface area contributed by atoms with Crippen molar-refractivity contribution < 1.29 is 23.0 Å². The van der Waals surface area contributed by atoms with Crippen molar-refractivity contribution in [2.75, 3.05) is 19.5 Å². The number of alkyl halides is 2. The van der Waals surface area contributed by atoms with Gasteiger partial charge in [0.05, 0.1) is 26.3 Å². The Morgan fingerprint density at radius 2 is 1.97 bits per heavy atom. The number of benzene rings is 2. The van der Waals surface area contributed by atoms with Crippen molar-refractivity contribution in [3.8, 4) is 17.2 Å². The first-order valence-corrected chi connectivity index (χ1v) is 8.90. The summed E-state index contributed by atoms with van der Waals surface area (Å²) in [6.07, 6.45) is 0.498. The lowest BCUT2D eigenvalue weighted by atomic mass is 9.92. The zero-order valence-corrected chi connectivity index (χ0v) is 15.8. The second-order valence-corrected chi connectivity index (χ2v) is 6.43. The standard InChI is InChI=1S/C19H19F2N5O3/c1-27-12-6-3-5-11(9-12)14-10-15(26-19(22-14)23-24-25-26)13-7-4-8-16(28-2)17(13)29-18(20)21/h3-9,14-15,18H,10H2,1-2H3,(H,22,23,25). The summed E-state index contributed by atoms with van der Waals surface area (Å²) in [5, 5.41) is 15.1. The predicted octanol–water partition coefficient (Wildman–Crippen LogP) is 3.44. The van der Waals surface area contributed by atoms with E-state index in [1.165, 1.54) is 7.11 Å². The van der Waals surface area contributed by atoms with Crippen molar-refractivity contribution in [2.45, 2.75) is 25.1 Å². The Balaban J connectivity index is 1.77. The fourth-order valence-corrected chi connectivity index (χ4v) is 3.54. The van der Waals surface area contributed by atoms with Crippen LogP contribution >= 0.6 is 0 Å². The second-order valence-electron chi connectivity index (χ2n) is 6.43. The number of ether oxygens (including phenoxy) is 3. The molecule has 0 amide bonds. The number of fused-ring (bicyclic) bond motifs is 1. The van der Waals surface area contributed by atoms with Crippen LogP contribution in [0.2, 0.25) is 0 Å². The quantitative estimate of drug-likeness (QED) is 0.675. The van der Waals surface area contributed by atoms with Crippen molar-refractivity contribution in [1.29, 1.82) is 0 Å². The third kappa shape index (κ3) is 3.65. The fraction of sp³-hybridized carbons (Fsp3) is 0.316. The molecule has 0 radical (unpaired) electrons. The maximum atomic E-state index is 13.1. The molecule has 0 bridgehead atoms. The van der Waals surface area contributed by atoms with Gasteiger partial charge in [0.1, 0.15) is 5.75 Å². The Kier molecular flexibility index (Phi) is 5.15. The summed E-state index contributed by atoms with van der Waals surface area (Å²) in [6.45, 7) is -2.99. The molecule has 29 heavy (non-hydrogen) atoms. The van der Waals surface area contributed by atoms with E-state index in [4.69, 9.17) is 14.2 Å². The van der Waals surface area contributed by atoms with Gasteiger partial charge in [0.25, 0.3) is 0 Å². The number of rotatable bonds is 6. The van der Waals surface area contributed by atoms with Gasteiger partial charge in [-0.15, -0.1) is 0 Å². The van der Waals surface area contributed by atoms with Crippen LogP contribution in [0.15, 0.2) is 42.5 Å². The highest BCUT2D eigenvalue weighted by atomic mass is 19.3. The number of hydrogen-bond donors (Lipinski definition) is 1. The summed E-state index contributed by atoms with van der Waals surface area (Å²) in [7, 11) is 3.00. The molecule has 2 atom stereocenters. The van der Waals surface area contributed by atoms with Crippen LogP contribution in [0.25, 0.3) is 0 Å². The van der Waals surface area contributed by atoms with Crippen LogP contribution in [0.1, 0.15) is 29.6 Å². The lowest BCUT2D eigenvalue weighted by Gasteiger charge is -2.32.